The van der Waals surface area contributed by atoms with Gasteiger partial charge in [-0.1, -0.05) is 64.2 Å². The van der Waals surface area contributed by atoms with E-state index in [0.29, 0.717) is 0 Å². The molecule has 0 saturated carbocycles. The first-order valence-corrected chi connectivity index (χ1v) is 12.9. The van der Waals surface area contributed by atoms with Gasteiger partial charge in [0.2, 0.25) is 6.69 Å². The van der Waals surface area contributed by atoms with Crippen molar-refractivity contribution in [1.82, 2.24) is 0 Å². The van der Waals surface area contributed by atoms with Gasteiger partial charge in [-0.05, 0) is 24.8 Å². The fourth-order valence-electron chi connectivity index (χ4n) is 2.14. The summed E-state index contributed by atoms with van der Waals surface area (Å²) in [6, 6.07) is 1.06. The molecule has 0 aromatic heterocycles. The van der Waals surface area contributed by atoms with E-state index in [0.717, 1.165) is 11.8 Å². The van der Waals surface area contributed by atoms with E-state index in [9.17, 15) is 0 Å². The van der Waals surface area contributed by atoms with Crippen molar-refractivity contribution in [3.63, 3.8) is 0 Å². The summed E-state index contributed by atoms with van der Waals surface area (Å²) in [7, 11) is 0. The number of rotatable bonds is 13. The first-order chi connectivity index (χ1) is 8.56. The van der Waals surface area contributed by atoms with Crippen molar-refractivity contribution >= 4 is 41.5 Å². The third-order valence-corrected chi connectivity index (χ3v) is 5.96. The molecular weight excluding hydrogens is 299 g/mol. The smallest absolute Gasteiger partial charge is 0.179 e. The van der Waals surface area contributed by atoms with Crippen LogP contribution in [-0.2, 0) is 0 Å². The second-order valence-electron chi connectivity index (χ2n) is 5.43. The van der Waals surface area contributed by atoms with Gasteiger partial charge in [-0.15, -0.1) is 22.2 Å². The summed E-state index contributed by atoms with van der Waals surface area (Å²) >= 11 is 16.4. The highest BCUT2D eigenvalue weighted by Crippen LogP contribution is 2.23. The zero-order chi connectivity index (χ0) is 13.7. The van der Waals surface area contributed by atoms with E-state index in [1.54, 1.807) is 0 Å². The minimum absolute atomic E-state index is 1.05. The lowest BCUT2D eigenvalue weighted by molar-refractivity contribution is 0.555. The molecule has 0 amide bonds. The van der Waals surface area contributed by atoms with Gasteiger partial charge in [0.15, 0.2) is 0 Å². The molecule has 4 heteroatoms. The van der Waals surface area contributed by atoms with Crippen LogP contribution in [0.15, 0.2) is 0 Å². The third kappa shape index (κ3) is 17.1. The van der Waals surface area contributed by atoms with Crippen molar-refractivity contribution in [2.45, 2.75) is 83.2 Å². The number of hydrogen-bond donors (Lipinski definition) is 1. The highest BCUT2D eigenvalue weighted by atomic mass is 35.7. The summed E-state index contributed by atoms with van der Waals surface area (Å²) in [6.45, 7) is 0.202. The van der Waals surface area contributed by atoms with Gasteiger partial charge in [0.25, 0.3) is 0 Å². The second-order valence-corrected chi connectivity index (χ2v) is 14.1. The van der Waals surface area contributed by atoms with Crippen LogP contribution in [0, 0.1) is 0 Å². The topological polar surface area (TPSA) is 0 Å². The zero-order valence-electron chi connectivity index (χ0n) is 11.9. The first-order valence-electron chi connectivity index (χ1n) is 7.55. The Labute approximate surface area is 130 Å². The highest BCUT2D eigenvalue weighted by Gasteiger charge is 2.19. The molecule has 0 aromatic carbocycles. The summed E-state index contributed by atoms with van der Waals surface area (Å²) in [5, 5.41) is 0. The van der Waals surface area contributed by atoms with E-state index in [1.165, 1.54) is 70.6 Å². The number of unbranched alkanes of at least 4 members (excludes halogenated alkanes) is 10. The van der Waals surface area contributed by atoms with Gasteiger partial charge in [-0.2, -0.15) is 12.6 Å². The average molecular weight is 329 g/mol. The Morgan fingerprint density at radius 2 is 1.00 bits per heavy atom. The molecule has 0 radical (unpaired) electrons. The molecule has 0 bridgehead atoms. The largest absolute Gasteiger partial charge is 0.248 e. The molecular formula is C14H30Cl2SSi. The summed E-state index contributed by atoms with van der Waals surface area (Å²) in [4.78, 5) is 0. The quantitative estimate of drug-likeness (QED) is 0.164. The molecule has 0 aromatic rings. The van der Waals surface area contributed by atoms with Crippen LogP contribution in [0.25, 0.3) is 0 Å². The van der Waals surface area contributed by atoms with Crippen LogP contribution in [-0.4, -0.2) is 12.4 Å². The number of halogens is 2. The van der Waals surface area contributed by atoms with Crippen LogP contribution in [0.3, 0.4) is 0 Å². The first kappa shape index (κ1) is 19.1. The Hall–Kier alpha value is 1.15. The molecule has 0 aliphatic rings. The Kier molecular flexibility index (Phi) is 14.0. The van der Waals surface area contributed by atoms with E-state index in [1.807, 2.05) is 6.55 Å². The maximum Gasteiger partial charge on any atom is 0.248 e. The molecule has 0 fully saturated rings. The minimum Gasteiger partial charge on any atom is -0.179 e. The van der Waals surface area contributed by atoms with Crippen LogP contribution in [0.5, 0.6) is 0 Å². The Balaban J connectivity index is 2.99. The molecule has 18 heavy (non-hydrogen) atoms. The van der Waals surface area contributed by atoms with Gasteiger partial charge in [0.1, 0.15) is 0 Å². The van der Waals surface area contributed by atoms with Crippen LogP contribution >= 0.6 is 34.8 Å². The maximum atomic E-state index is 6.07. The van der Waals surface area contributed by atoms with E-state index in [4.69, 9.17) is 22.2 Å². The molecule has 0 spiro atoms. The Bertz CT molecular complexity index is 172. The van der Waals surface area contributed by atoms with Crippen molar-refractivity contribution in [2.24, 2.45) is 0 Å². The van der Waals surface area contributed by atoms with Crippen molar-refractivity contribution in [3.05, 3.63) is 0 Å². The fraction of sp³-hybridized carbons (Fsp3) is 1.00. The predicted molar refractivity (Wildman–Crippen MR) is 92.8 cm³/mol. The van der Waals surface area contributed by atoms with E-state index >= 15 is 0 Å². The predicted octanol–water partition coefficient (Wildman–Crippen LogP) is 6.76. The van der Waals surface area contributed by atoms with Crippen molar-refractivity contribution in [2.75, 3.05) is 5.75 Å². The molecule has 0 unspecified atom stereocenters. The number of hydrogen-bond acceptors (Lipinski definition) is 1. The molecule has 0 heterocycles. The lowest BCUT2D eigenvalue weighted by Crippen LogP contribution is -2.11. The zero-order valence-corrected chi connectivity index (χ0v) is 15.3. The van der Waals surface area contributed by atoms with E-state index < -0.39 is 6.69 Å². The van der Waals surface area contributed by atoms with Crippen LogP contribution in [0.2, 0.25) is 12.6 Å². The molecule has 0 aliphatic heterocycles. The molecule has 0 N–H and O–H groups in total. The lowest BCUT2D eigenvalue weighted by atomic mass is 10.1. The molecule has 0 saturated heterocycles. The van der Waals surface area contributed by atoms with Crippen LogP contribution in [0.4, 0.5) is 0 Å². The van der Waals surface area contributed by atoms with Gasteiger partial charge in [0.05, 0.1) is 0 Å². The van der Waals surface area contributed by atoms with E-state index in [2.05, 4.69) is 12.6 Å². The van der Waals surface area contributed by atoms with Gasteiger partial charge >= 0.3 is 0 Å². The van der Waals surface area contributed by atoms with Crippen LogP contribution in [0.1, 0.15) is 70.6 Å². The SMILES string of the molecule is C[Si](Cl)(Cl)CCCCCCCCCCCCCS. The summed E-state index contributed by atoms with van der Waals surface area (Å²) in [6.07, 6.45) is 15.0. The summed E-state index contributed by atoms with van der Waals surface area (Å²) < 4.78 is 0. The monoisotopic (exact) mass is 328 g/mol. The maximum absolute atomic E-state index is 6.07. The standard InChI is InChI=1S/C14H30Cl2SSi/c1-18(15,16)14-12-10-8-6-4-2-3-5-7-9-11-13-17/h17H,2-14H2,1H3. The molecule has 0 nitrogen and oxygen atoms in total. The third-order valence-electron chi connectivity index (χ3n) is 3.27. The fourth-order valence-corrected chi connectivity index (χ4v) is 4.03. The molecule has 110 valence electrons. The lowest BCUT2D eigenvalue weighted by Gasteiger charge is -2.09. The Morgan fingerprint density at radius 1 is 0.667 bits per heavy atom. The van der Waals surface area contributed by atoms with Gasteiger partial charge < -0.3 is 0 Å². The second kappa shape index (κ2) is 13.1. The molecule has 0 aliphatic carbocycles. The normalized spacial score (nSPS) is 12.0. The van der Waals surface area contributed by atoms with Crippen molar-refractivity contribution in [3.8, 4) is 0 Å². The minimum atomic E-state index is -1.82. The molecule has 0 atom stereocenters. The van der Waals surface area contributed by atoms with Crippen molar-refractivity contribution < 1.29 is 0 Å². The average Bonchev–Trinajstić information content (AvgIpc) is 2.29. The Morgan fingerprint density at radius 3 is 1.33 bits per heavy atom. The highest BCUT2D eigenvalue weighted by molar-refractivity contribution is 7.80. The number of thiol groups is 1. The van der Waals surface area contributed by atoms with Gasteiger partial charge in [-0.25, -0.2) is 0 Å². The van der Waals surface area contributed by atoms with Gasteiger partial charge in [-0.3, -0.25) is 0 Å². The van der Waals surface area contributed by atoms with Crippen molar-refractivity contribution in [1.29, 1.82) is 0 Å². The molecule has 0 rings (SSSR count). The van der Waals surface area contributed by atoms with Crippen LogP contribution < -0.4 is 0 Å². The van der Waals surface area contributed by atoms with Gasteiger partial charge in [0, 0.05) is 0 Å². The summed E-state index contributed by atoms with van der Waals surface area (Å²) in [5.41, 5.74) is 0. The van der Waals surface area contributed by atoms with E-state index in [-0.39, 0.29) is 0 Å². The summed E-state index contributed by atoms with van der Waals surface area (Å²) in [5.74, 6) is 1.05.